The minimum atomic E-state index is -5.32. The summed E-state index contributed by atoms with van der Waals surface area (Å²) in [6, 6.07) is 6.25. The van der Waals surface area contributed by atoms with E-state index in [2.05, 4.69) is 0 Å². The number of benzene rings is 3. The Kier molecular flexibility index (Phi) is 7.53. The lowest BCUT2D eigenvalue weighted by Gasteiger charge is -2.18. The van der Waals surface area contributed by atoms with E-state index in [1.165, 1.54) is 18.2 Å². The van der Waals surface area contributed by atoms with E-state index in [0.717, 1.165) is 22.8 Å². The van der Waals surface area contributed by atoms with Crippen molar-refractivity contribution < 1.29 is 40.5 Å². The van der Waals surface area contributed by atoms with Crippen molar-refractivity contribution in [2.24, 2.45) is 0 Å². The van der Waals surface area contributed by atoms with Crippen LogP contribution in [0.5, 0.6) is 0 Å². The van der Waals surface area contributed by atoms with Gasteiger partial charge in [0.2, 0.25) is 5.30 Å². The van der Waals surface area contributed by atoms with Crippen molar-refractivity contribution in [2.45, 2.75) is 47.0 Å². The summed E-state index contributed by atoms with van der Waals surface area (Å²) in [7, 11) is -3.53. The van der Waals surface area contributed by atoms with E-state index in [0.29, 0.717) is 29.3 Å². The van der Waals surface area contributed by atoms with Crippen LogP contribution in [0.15, 0.2) is 42.5 Å². The average Bonchev–Trinajstić information content (AvgIpc) is 2.83. The first-order valence-electron chi connectivity index (χ1n) is 11.0. The van der Waals surface area contributed by atoms with Crippen molar-refractivity contribution in [1.29, 1.82) is 0 Å². The van der Waals surface area contributed by atoms with Crippen molar-refractivity contribution >= 4 is 24.4 Å². The molecule has 3 rings (SSSR count). The van der Waals surface area contributed by atoms with Crippen LogP contribution in [0, 0.1) is 34.6 Å². The first-order valence-corrected chi connectivity index (χ1v) is 12.3. The van der Waals surface area contributed by atoms with Crippen LogP contribution in [-0.2, 0) is 16.9 Å². The van der Waals surface area contributed by atoms with Crippen molar-refractivity contribution in [3.05, 3.63) is 98.1 Å². The van der Waals surface area contributed by atoms with Gasteiger partial charge in [-0.1, -0.05) is 22.8 Å². The first kappa shape index (κ1) is 28.3. The fraction of sp³-hybridized carbons (Fsp3) is 0.259. The van der Waals surface area contributed by atoms with Crippen molar-refractivity contribution in [3.8, 4) is 0 Å². The van der Waals surface area contributed by atoms with E-state index in [-0.39, 0.29) is 11.1 Å². The van der Waals surface area contributed by atoms with Crippen LogP contribution in [-0.4, -0.2) is 11.3 Å². The van der Waals surface area contributed by atoms with Gasteiger partial charge in [-0.15, -0.1) is 0 Å². The smallest absolute Gasteiger partial charge is 0.288 e. The quantitative estimate of drug-likeness (QED) is 0.189. The molecule has 0 N–H and O–H groups in total. The van der Waals surface area contributed by atoms with Gasteiger partial charge in [-0.3, -0.25) is 4.79 Å². The van der Waals surface area contributed by atoms with E-state index >= 15 is 0 Å². The Bertz CT molecular complexity index is 1390. The number of rotatable bonds is 5. The molecule has 1 atom stereocenters. The number of carbonyl (C=O) groups excluding carboxylic acids is 2. The van der Waals surface area contributed by atoms with Crippen LogP contribution in [0.25, 0.3) is 0 Å². The molecule has 0 aliphatic rings. The molecular formula is C27H22F6O3P+. The van der Waals surface area contributed by atoms with Crippen LogP contribution >= 0.6 is 7.80 Å². The Balaban J connectivity index is 2.23. The van der Waals surface area contributed by atoms with Crippen molar-refractivity contribution in [1.82, 2.24) is 0 Å². The molecule has 3 aromatic rings. The van der Waals surface area contributed by atoms with E-state index in [1.54, 1.807) is 13.8 Å². The molecule has 0 aromatic heterocycles. The summed E-state index contributed by atoms with van der Waals surface area (Å²) in [5.74, 6) is -0.631. The first-order chi connectivity index (χ1) is 17.0. The normalized spacial score (nSPS) is 12.5. The molecule has 0 radical (unpaired) electrons. The Morgan fingerprint density at radius 1 is 0.622 bits per heavy atom. The lowest BCUT2D eigenvalue weighted by atomic mass is 9.86. The second-order valence-electron chi connectivity index (χ2n) is 8.67. The molecule has 0 aliphatic heterocycles. The van der Waals surface area contributed by atoms with Gasteiger partial charge in [-0.05, 0) is 86.7 Å². The molecule has 0 saturated heterocycles. The summed E-state index contributed by atoms with van der Waals surface area (Å²) in [5.41, 5.74) is -3.37. The maximum absolute atomic E-state index is 13.6. The number of hydrogen-bond acceptors (Lipinski definition) is 3. The molecule has 0 saturated carbocycles. The van der Waals surface area contributed by atoms with E-state index in [9.17, 15) is 40.5 Å². The molecule has 37 heavy (non-hydrogen) atoms. The fourth-order valence-corrected chi connectivity index (χ4v) is 5.56. The minimum absolute atomic E-state index is 0.233. The maximum Gasteiger partial charge on any atom is 0.459 e. The zero-order chi connectivity index (χ0) is 28.0. The van der Waals surface area contributed by atoms with Crippen molar-refractivity contribution in [3.63, 3.8) is 0 Å². The lowest BCUT2D eigenvalue weighted by molar-refractivity contribution is -0.143. The number of hydrogen-bond donors (Lipinski definition) is 0. The molecule has 0 spiro atoms. The lowest BCUT2D eigenvalue weighted by Crippen LogP contribution is -2.22. The number of alkyl halides is 6. The molecule has 0 bridgehead atoms. The van der Waals surface area contributed by atoms with E-state index in [1.807, 2.05) is 20.8 Å². The highest BCUT2D eigenvalue weighted by Crippen LogP contribution is 2.43. The van der Waals surface area contributed by atoms with Gasteiger partial charge in [0.25, 0.3) is 0 Å². The molecule has 0 heterocycles. The van der Waals surface area contributed by atoms with Gasteiger partial charge < -0.3 is 0 Å². The standard InChI is InChI=1S/C27H22F6O3P/c1-13-14(2)16(4)22(17(5)15(13)3)24(34)18-9-6-7-12-21(18)37(36)25(35)23-19(26(28,29)30)10-8-11-20(23)27(31,32)33/h6-12H,1-5H3/q+1. The summed E-state index contributed by atoms with van der Waals surface area (Å²) in [5, 5.41) is -0.438. The number of ketones is 1. The largest absolute Gasteiger partial charge is 0.459 e. The second-order valence-corrected chi connectivity index (χ2v) is 10.1. The third kappa shape index (κ3) is 5.10. The van der Waals surface area contributed by atoms with Gasteiger partial charge in [-0.25, -0.2) is 4.79 Å². The molecule has 3 aromatic carbocycles. The third-order valence-corrected chi connectivity index (χ3v) is 8.09. The van der Waals surface area contributed by atoms with Crippen LogP contribution < -0.4 is 5.30 Å². The fourth-order valence-electron chi connectivity index (χ4n) is 4.28. The van der Waals surface area contributed by atoms with Gasteiger partial charge in [-0.2, -0.15) is 26.3 Å². The molecule has 0 amide bonds. The van der Waals surface area contributed by atoms with Crippen LogP contribution in [0.3, 0.4) is 0 Å². The maximum atomic E-state index is 13.6. The Hall–Kier alpha value is -3.32. The van der Waals surface area contributed by atoms with Gasteiger partial charge in [0, 0.05) is 5.56 Å². The SMILES string of the molecule is Cc1c(C)c(C)c(C(=O)c2ccccc2[P+](=O)C(=O)c2c(C(F)(F)F)cccc2C(F)(F)F)c(C)c1C. The topological polar surface area (TPSA) is 51.2 Å². The number of halogens is 6. The van der Waals surface area contributed by atoms with Gasteiger partial charge in [0.15, 0.2) is 5.78 Å². The highest BCUT2D eigenvalue weighted by molar-refractivity contribution is 7.71. The predicted octanol–water partition coefficient (Wildman–Crippen LogP) is 7.79. The van der Waals surface area contributed by atoms with E-state index < -0.39 is 53.5 Å². The molecule has 0 aliphatic carbocycles. The second kappa shape index (κ2) is 9.86. The number of carbonyl (C=O) groups is 2. The highest BCUT2D eigenvalue weighted by Gasteiger charge is 2.49. The molecule has 194 valence electrons. The van der Waals surface area contributed by atoms with E-state index in [4.69, 9.17) is 0 Å². The summed E-state index contributed by atoms with van der Waals surface area (Å²) >= 11 is 0. The Labute approximate surface area is 210 Å². The summed E-state index contributed by atoms with van der Waals surface area (Å²) in [4.78, 5) is 26.7. The molecule has 10 heteroatoms. The molecule has 3 nitrogen and oxygen atoms in total. The zero-order valence-corrected chi connectivity index (χ0v) is 21.4. The molecular weight excluding hydrogens is 517 g/mol. The average molecular weight is 539 g/mol. The van der Waals surface area contributed by atoms with Crippen LogP contribution in [0.4, 0.5) is 26.3 Å². The summed E-state index contributed by atoms with van der Waals surface area (Å²) < 4.78 is 94.9. The van der Waals surface area contributed by atoms with Crippen LogP contribution in [0.1, 0.15) is 65.2 Å². The summed E-state index contributed by atoms with van der Waals surface area (Å²) in [6.45, 7) is 8.95. The van der Waals surface area contributed by atoms with Gasteiger partial charge >= 0.3 is 25.7 Å². The van der Waals surface area contributed by atoms with Gasteiger partial charge in [0.1, 0.15) is 0 Å². The zero-order valence-electron chi connectivity index (χ0n) is 20.5. The van der Waals surface area contributed by atoms with Crippen LogP contribution in [0.2, 0.25) is 0 Å². The monoisotopic (exact) mass is 539 g/mol. The predicted molar refractivity (Wildman–Crippen MR) is 128 cm³/mol. The third-order valence-electron chi connectivity index (χ3n) is 6.67. The molecule has 1 unspecified atom stereocenters. The highest BCUT2D eigenvalue weighted by atomic mass is 31.1. The molecule has 0 fully saturated rings. The van der Waals surface area contributed by atoms with Gasteiger partial charge in [0.05, 0.1) is 22.3 Å². The van der Waals surface area contributed by atoms with Crippen molar-refractivity contribution in [2.75, 3.05) is 0 Å². The minimum Gasteiger partial charge on any atom is -0.288 e. The Morgan fingerprint density at radius 3 is 1.51 bits per heavy atom. The summed E-state index contributed by atoms with van der Waals surface area (Å²) in [6.07, 6.45) is -10.6. The Morgan fingerprint density at radius 2 is 1.05 bits per heavy atom.